The van der Waals surface area contributed by atoms with Crippen molar-refractivity contribution in [2.75, 3.05) is 26.0 Å². The number of sulfonamides is 1. The van der Waals surface area contributed by atoms with Gasteiger partial charge >= 0.3 is 5.97 Å². The molecule has 1 N–H and O–H groups in total. The maximum atomic E-state index is 12.4. The van der Waals surface area contributed by atoms with E-state index in [0.29, 0.717) is 11.4 Å². The third kappa shape index (κ3) is 5.13. The summed E-state index contributed by atoms with van der Waals surface area (Å²) in [5.41, 5.74) is 1.17. The number of esters is 1. The highest BCUT2D eigenvalue weighted by Gasteiger charge is 2.22. The van der Waals surface area contributed by atoms with E-state index < -0.39 is 28.5 Å². The zero-order valence-corrected chi connectivity index (χ0v) is 19.0. The SMILES string of the molecule is Cc1nn(-c2ccccc2)nc1C(=O)OCC(=O)Nc1ccc(Cl)c(S(=O)(=O)N(C)C)c1. The average molecular weight is 478 g/mol. The molecule has 1 heterocycles. The molecule has 3 rings (SSSR count). The lowest BCUT2D eigenvalue weighted by atomic mass is 10.3. The number of aromatic nitrogens is 3. The summed E-state index contributed by atoms with van der Waals surface area (Å²) in [7, 11) is -1.07. The molecule has 0 fully saturated rings. The molecule has 1 amide bonds. The third-order valence-electron chi connectivity index (χ3n) is 4.27. The van der Waals surface area contributed by atoms with Gasteiger partial charge in [-0.15, -0.1) is 5.10 Å². The Morgan fingerprint density at radius 2 is 1.81 bits per heavy atom. The van der Waals surface area contributed by atoms with E-state index in [4.69, 9.17) is 16.3 Å². The van der Waals surface area contributed by atoms with Crippen LogP contribution in [0.4, 0.5) is 5.69 Å². The van der Waals surface area contributed by atoms with Gasteiger partial charge in [0.15, 0.2) is 12.3 Å². The molecular formula is C20H20ClN5O5S. The number of aryl methyl sites for hydroxylation is 1. The van der Waals surface area contributed by atoms with E-state index in [1.807, 2.05) is 18.2 Å². The van der Waals surface area contributed by atoms with Gasteiger partial charge in [-0.1, -0.05) is 29.8 Å². The number of para-hydroxylation sites is 1. The Hall–Kier alpha value is -3.28. The van der Waals surface area contributed by atoms with Crippen LogP contribution in [-0.4, -0.2) is 60.3 Å². The summed E-state index contributed by atoms with van der Waals surface area (Å²) in [6.45, 7) is 0.998. The summed E-state index contributed by atoms with van der Waals surface area (Å²) in [5, 5.41) is 10.8. The van der Waals surface area contributed by atoms with Crippen molar-refractivity contribution in [1.29, 1.82) is 0 Å². The zero-order valence-electron chi connectivity index (χ0n) is 17.4. The smallest absolute Gasteiger partial charge is 0.361 e. The number of ether oxygens (including phenoxy) is 1. The van der Waals surface area contributed by atoms with Crippen molar-refractivity contribution in [3.63, 3.8) is 0 Å². The van der Waals surface area contributed by atoms with Gasteiger partial charge in [-0.05, 0) is 37.3 Å². The van der Waals surface area contributed by atoms with Crippen LogP contribution in [-0.2, 0) is 19.6 Å². The number of rotatable bonds is 7. The fourth-order valence-electron chi connectivity index (χ4n) is 2.62. The molecule has 1 aromatic heterocycles. The van der Waals surface area contributed by atoms with Gasteiger partial charge in [0.2, 0.25) is 10.0 Å². The number of nitrogens with one attached hydrogen (secondary N) is 1. The fourth-order valence-corrected chi connectivity index (χ4v) is 4.01. The van der Waals surface area contributed by atoms with Gasteiger partial charge in [-0.3, -0.25) is 4.79 Å². The van der Waals surface area contributed by atoms with Gasteiger partial charge in [0, 0.05) is 19.8 Å². The molecule has 32 heavy (non-hydrogen) atoms. The Balaban J connectivity index is 1.66. The summed E-state index contributed by atoms with van der Waals surface area (Å²) in [5.74, 6) is -1.48. The first kappa shape index (κ1) is 23.4. The van der Waals surface area contributed by atoms with Crippen molar-refractivity contribution in [2.24, 2.45) is 0 Å². The van der Waals surface area contributed by atoms with Crippen LogP contribution in [0.2, 0.25) is 5.02 Å². The van der Waals surface area contributed by atoms with Gasteiger partial charge in [-0.25, -0.2) is 17.5 Å². The van der Waals surface area contributed by atoms with Crippen LogP contribution in [0.3, 0.4) is 0 Å². The van der Waals surface area contributed by atoms with Crippen molar-refractivity contribution in [2.45, 2.75) is 11.8 Å². The molecule has 0 radical (unpaired) electrons. The Morgan fingerprint density at radius 3 is 2.47 bits per heavy atom. The maximum absolute atomic E-state index is 12.4. The molecule has 168 valence electrons. The Labute approximate surface area is 189 Å². The first-order chi connectivity index (χ1) is 15.1. The zero-order chi connectivity index (χ0) is 23.5. The third-order valence-corrected chi connectivity index (χ3v) is 6.57. The topological polar surface area (TPSA) is 123 Å². The maximum Gasteiger partial charge on any atom is 0.361 e. The van der Waals surface area contributed by atoms with Crippen LogP contribution in [0.1, 0.15) is 16.2 Å². The second-order valence-corrected chi connectivity index (χ2v) is 9.34. The van der Waals surface area contributed by atoms with E-state index in [2.05, 4.69) is 15.5 Å². The average Bonchev–Trinajstić information content (AvgIpc) is 3.15. The molecule has 0 atom stereocenters. The molecule has 2 aromatic carbocycles. The van der Waals surface area contributed by atoms with Crippen molar-refractivity contribution < 1.29 is 22.7 Å². The number of amides is 1. The predicted molar refractivity (Wildman–Crippen MR) is 117 cm³/mol. The second kappa shape index (κ2) is 9.47. The van der Waals surface area contributed by atoms with E-state index in [0.717, 1.165) is 4.31 Å². The highest BCUT2D eigenvalue weighted by molar-refractivity contribution is 7.89. The molecule has 10 nitrogen and oxygen atoms in total. The first-order valence-electron chi connectivity index (χ1n) is 9.28. The van der Waals surface area contributed by atoms with Crippen LogP contribution < -0.4 is 5.32 Å². The minimum absolute atomic E-state index is 0.0140. The lowest BCUT2D eigenvalue weighted by Gasteiger charge is -2.14. The van der Waals surface area contributed by atoms with Gasteiger partial charge in [0.05, 0.1) is 16.4 Å². The molecule has 3 aromatic rings. The number of hydrogen-bond donors (Lipinski definition) is 1. The first-order valence-corrected chi connectivity index (χ1v) is 11.1. The molecule has 0 unspecified atom stereocenters. The molecule has 0 bridgehead atoms. The molecule has 0 spiro atoms. The Morgan fingerprint density at radius 1 is 1.12 bits per heavy atom. The fraction of sp³-hybridized carbons (Fsp3) is 0.200. The molecular weight excluding hydrogens is 458 g/mol. The monoisotopic (exact) mass is 477 g/mol. The summed E-state index contributed by atoms with van der Waals surface area (Å²) < 4.78 is 30.7. The number of benzene rings is 2. The molecule has 0 aliphatic carbocycles. The summed E-state index contributed by atoms with van der Waals surface area (Å²) in [6.07, 6.45) is 0. The molecule has 0 aliphatic rings. The van der Waals surface area contributed by atoms with E-state index in [1.165, 1.54) is 37.1 Å². The minimum Gasteiger partial charge on any atom is -0.451 e. The molecule has 12 heteroatoms. The van der Waals surface area contributed by atoms with E-state index in [9.17, 15) is 18.0 Å². The van der Waals surface area contributed by atoms with Gasteiger partial charge in [0.1, 0.15) is 4.90 Å². The van der Waals surface area contributed by atoms with Gasteiger partial charge in [-0.2, -0.15) is 9.90 Å². The van der Waals surface area contributed by atoms with E-state index in [1.54, 1.807) is 19.1 Å². The van der Waals surface area contributed by atoms with Crippen LogP contribution in [0, 0.1) is 6.92 Å². The summed E-state index contributed by atoms with van der Waals surface area (Å²) in [6, 6.07) is 13.0. The largest absolute Gasteiger partial charge is 0.451 e. The van der Waals surface area contributed by atoms with E-state index >= 15 is 0 Å². The summed E-state index contributed by atoms with van der Waals surface area (Å²) >= 11 is 5.99. The quantitative estimate of drug-likeness (QED) is 0.517. The van der Waals surface area contributed by atoms with Crippen LogP contribution in [0.5, 0.6) is 0 Å². The standard InChI is InChI=1S/C20H20ClN5O5S/c1-13-19(24-26(23-13)15-7-5-4-6-8-15)20(28)31-12-18(27)22-14-9-10-16(21)17(11-14)32(29,30)25(2)3/h4-11H,12H2,1-3H3,(H,22,27). The number of carbonyl (C=O) groups is 2. The van der Waals surface area contributed by atoms with Crippen molar-refractivity contribution in [1.82, 2.24) is 19.3 Å². The Bertz CT molecular complexity index is 1260. The molecule has 0 aliphatic heterocycles. The number of halogens is 1. The van der Waals surface area contributed by atoms with Crippen molar-refractivity contribution >= 4 is 39.2 Å². The van der Waals surface area contributed by atoms with Gasteiger partial charge in [0.25, 0.3) is 5.91 Å². The molecule has 0 saturated carbocycles. The lowest BCUT2D eigenvalue weighted by molar-refractivity contribution is -0.119. The lowest BCUT2D eigenvalue weighted by Crippen LogP contribution is -2.24. The van der Waals surface area contributed by atoms with Gasteiger partial charge < -0.3 is 10.1 Å². The van der Waals surface area contributed by atoms with Crippen LogP contribution in [0.25, 0.3) is 5.69 Å². The minimum atomic E-state index is -3.81. The highest BCUT2D eigenvalue weighted by Crippen LogP contribution is 2.26. The number of anilines is 1. The number of carbonyl (C=O) groups excluding carboxylic acids is 2. The molecule has 0 saturated heterocycles. The Kier molecular flexibility index (Phi) is 6.92. The normalized spacial score (nSPS) is 11.4. The number of nitrogens with zero attached hydrogens (tertiary/aromatic N) is 4. The van der Waals surface area contributed by atoms with Crippen molar-refractivity contribution in [3.05, 3.63) is 64.9 Å². The van der Waals surface area contributed by atoms with Crippen molar-refractivity contribution in [3.8, 4) is 5.69 Å². The second-order valence-electron chi connectivity index (χ2n) is 6.82. The highest BCUT2D eigenvalue weighted by atomic mass is 35.5. The predicted octanol–water partition coefficient (Wildman–Crippen LogP) is 2.27. The van der Waals surface area contributed by atoms with E-state index in [-0.39, 0.29) is 21.3 Å². The van der Waals surface area contributed by atoms with Crippen LogP contribution in [0.15, 0.2) is 53.4 Å². The number of hydrogen-bond acceptors (Lipinski definition) is 7. The summed E-state index contributed by atoms with van der Waals surface area (Å²) in [4.78, 5) is 25.7. The van der Waals surface area contributed by atoms with Crippen LogP contribution >= 0.6 is 11.6 Å².